The monoisotopic (exact) mass is 1060 g/mol. The number of phenolic OH excluding ortho intramolecular Hbond substituents is 1. The van der Waals surface area contributed by atoms with E-state index < -0.39 is 132 Å². The number of aromatic amines is 1. The summed E-state index contributed by atoms with van der Waals surface area (Å²) in [5.41, 5.74) is 6.97. The minimum absolute atomic E-state index is 0.0201. The highest BCUT2D eigenvalue weighted by atomic mass is 32.2. The number of imidazole rings is 1. The van der Waals surface area contributed by atoms with Gasteiger partial charge in [0.05, 0.1) is 19.0 Å². The van der Waals surface area contributed by atoms with Crippen LogP contribution in [-0.2, 0) is 56.0 Å². The minimum Gasteiger partial charge on any atom is -0.508 e. The number of thioether (sulfide) groups is 2. The lowest BCUT2D eigenvalue weighted by atomic mass is 9.99. The van der Waals surface area contributed by atoms with Crippen molar-refractivity contribution in [3.63, 3.8) is 0 Å². The van der Waals surface area contributed by atoms with E-state index in [-0.39, 0.29) is 38.0 Å². The number of carboxylic acids is 1. The fourth-order valence-corrected chi connectivity index (χ4v) is 8.85. The maximum Gasteiger partial charge on any atom is 0.326 e. The third-order valence-electron chi connectivity index (χ3n) is 12.2. The van der Waals surface area contributed by atoms with E-state index >= 15 is 0 Å². The first-order valence-corrected chi connectivity index (χ1v) is 27.1. The van der Waals surface area contributed by atoms with Crippen LogP contribution >= 0.6 is 23.5 Å². The molecule has 1 saturated heterocycles. The van der Waals surface area contributed by atoms with Crippen molar-refractivity contribution in [1.82, 2.24) is 52.1 Å². The third-order valence-corrected chi connectivity index (χ3v) is 13.5. The highest BCUT2D eigenvalue weighted by Crippen LogP contribution is 2.20. The Morgan fingerprint density at radius 1 is 0.685 bits per heavy atom. The van der Waals surface area contributed by atoms with Gasteiger partial charge in [-0.25, -0.2) is 9.78 Å². The smallest absolute Gasteiger partial charge is 0.326 e. The molecule has 1 aromatic carbocycles. The second-order valence-electron chi connectivity index (χ2n) is 19.0. The highest BCUT2D eigenvalue weighted by molar-refractivity contribution is 7.98. The average Bonchev–Trinajstić information content (AvgIpc) is 4.06. The summed E-state index contributed by atoms with van der Waals surface area (Å²) >= 11 is 2.92. The standard InChI is InChI=1S/C48H75N11O12S2/c1-25(2)37(56-40(62)31(49)15-18-72-7)46(68)55-35(23-60)47(69)59-17-9-10-36(59)43(65)52-32(16-19-73-8)41(63)57-38(26(3)4)44(66)53-33(21-29-22-50-24-51-29)42(64)58-39(27(5)6)45(67)54-34(48(70)71)20-28-11-13-30(61)14-12-28/h11-14,22,24-27,31-39,60-61H,9-10,15-21,23,49H2,1-8H3,(H,50,51)(H,52,65)(H,53,66)(H,54,67)(H,55,68)(H,56,62)(H,57,63)(H,58,64)(H,70,71)/t31-,32-,33-,34-,35-,36-,37-,38-,39-/m0/s1. The van der Waals surface area contributed by atoms with Gasteiger partial charge in [0.1, 0.15) is 54.1 Å². The number of H-pyrrole nitrogens is 1. The molecule has 0 unspecified atom stereocenters. The number of nitrogens with zero attached hydrogens (tertiary/aromatic N) is 2. The summed E-state index contributed by atoms with van der Waals surface area (Å²) in [6.07, 6.45) is 7.34. The first-order valence-electron chi connectivity index (χ1n) is 24.3. The number of aliphatic hydroxyl groups excluding tert-OH is 1. The molecule has 3 rings (SSSR count). The van der Waals surface area contributed by atoms with Crippen LogP contribution in [0.15, 0.2) is 36.8 Å². The Balaban J connectivity index is 1.77. The molecule has 0 saturated carbocycles. The zero-order valence-corrected chi connectivity index (χ0v) is 44.4. The highest BCUT2D eigenvalue weighted by Gasteiger charge is 2.41. The quantitative estimate of drug-likeness (QED) is 0.0454. The molecule has 2 heterocycles. The SMILES string of the molecule is CSCC[C@H](NC(=O)[C@@H]1CCCN1C(=O)[C@H](CO)NC(=O)[C@@H](NC(=O)[C@@H](N)CCSC)C(C)C)C(=O)N[C@H](C(=O)N[C@@H](Cc1cnc[nH]1)C(=O)N[C@H](C(=O)N[C@@H](Cc1ccc(O)cc1)C(=O)O)C(C)C)C(C)C. The lowest BCUT2D eigenvalue weighted by Gasteiger charge is -2.31. The van der Waals surface area contributed by atoms with E-state index in [1.54, 1.807) is 47.8 Å². The number of nitrogens with one attached hydrogen (secondary N) is 8. The van der Waals surface area contributed by atoms with Crippen LogP contribution in [0.5, 0.6) is 5.75 Å². The van der Waals surface area contributed by atoms with E-state index in [4.69, 9.17) is 5.73 Å². The van der Waals surface area contributed by atoms with Crippen molar-refractivity contribution in [3.05, 3.63) is 48.0 Å². The Morgan fingerprint density at radius 2 is 1.19 bits per heavy atom. The Hall–Kier alpha value is -5.92. The van der Waals surface area contributed by atoms with Crippen LogP contribution < -0.4 is 43.0 Å². The predicted molar refractivity (Wildman–Crippen MR) is 276 cm³/mol. The molecule has 0 radical (unpaired) electrons. The second kappa shape index (κ2) is 30.3. The number of phenols is 1. The predicted octanol–water partition coefficient (Wildman–Crippen LogP) is -0.837. The number of rotatable bonds is 30. The van der Waals surface area contributed by atoms with Gasteiger partial charge in [0.2, 0.25) is 47.3 Å². The fourth-order valence-electron chi connectivity index (χ4n) is 7.89. The summed E-state index contributed by atoms with van der Waals surface area (Å²) < 4.78 is 0. The summed E-state index contributed by atoms with van der Waals surface area (Å²) in [7, 11) is 0. The summed E-state index contributed by atoms with van der Waals surface area (Å²) in [6, 6.07) is -5.15. The number of carbonyl (C=O) groups excluding carboxylic acids is 8. The molecule has 8 amide bonds. The number of carboxylic acid groups (broad SMARTS) is 1. The average molecular weight is 1060 g/mol. The van der Waals surface area contributed by atoms with Gasteiger partial charge in [-0.15, -0.1) is 0 Å². The van der Waals surface area contributed by atoms with Crippen molar-refractivity contribution in [2.75, 3.05) is 37.2 Å². The van der Waals surface area contributed by atoms with Gasteiger partial charge in [0, 0.05) is 31.3 Å². The molecule has 23 nitrogen and oxygen atoms in total. The second-order valence-corrected chi connectivity index (χ2v) is 20.9. The molecule has 9 atom stereocenters. The molecule has 406 valence electrons. The number of amides is 8. The topological polar surface area (TPSA) is 356 Å². The summed E-state index contributed by atoms with van der Waals surface area (Å²) in [6.45, 7) is 9.31. The van der Waals surface area contributed by atoms with Gasteiger partial charge in [-0.05, 0) is 85.2 Å². The van der Waals surface area contributed by atoms with Gasteiger partial charge in [-0.2, -0.15) is 23.5 Å². The molecule has 73 heavy (non-hydrogen) atoms. The van der Waals surface area contributed by atoms with Crippen molar-refractivity contribution in [2.45, 2.75) is 134 Å². The maximum absolute atomic E-state index is 14.2. The molecule has 2 aromatic rings. The Morgan fingerprint density at radius 3 is 1.68 bits per heavy atom. The van der Waals surface area contributed by atoms with Crippen LogP contribution in [0.3, 0.4) is 0 Å². The molecule has 25 heteroatoms. The van der Waals surface area contributed by atoms with E-state index in [1.165, 1.54) is 65.2 Å². The van der Waals surface area contributed by atoms with Crippen molar-refractivity contribution in [2.24, 2.45) is 23.5 Å². The molecular formula is C48H75N11O12S2. The van der Waals surface area contributed by atoms with Crippen LogP contribution in [0, 0.1) is 17.8 Å². The summed E-state index contributed by atoms with van der Waals surface area (Å²) in [5.74, 6) is -7.64. The first-order chi connectivity index (χ1) is 34.5. The largest absolute Gasteiger partial charge is 0.508 e. The molecular weight excluding hydrogens is 987 g/mol. The van der Waals surface area contributed by atoms with E-state index in [2.05, 4.69) is 47.2 Å². The van der Waals surface area contributed by atoms with Gasteiger partial charge >= 0.3 is 5.97 Å². The maximum atomic E-state index is 14.2. The number of aromatic hydroxyl groups is 1. The Bertz CT molecular complexity index is 2170. The van der Waals surface area contributed by atoms with Gasteiger partial charge < -0.3 is 68.2 Å². The van der Waals surface area contributed by atoms with Gasteiger partial charge in [0.25, 0.3) is 0 Å². The lowest BCUT2D eigenvalue weighted by molar-refractivity contribution is -0.143. The number of hydrogen-bond donors (Lipinski definition) is 12. The van der Waals surface area contributed by atoms with Crippen LogP contribution in [0.25, 0.3) is 0 Å². The molecule has 0 aliphatic carbocycles. The molecule has 1 aromatic heterocycles. The van der Waals surface area contributed by atoms with E-state index in [1.807, 2.05) is 6.26 Å². The van der Waals surface area contributed by atoms with Crippen molar-refractivity contribution < 1.29 is 58.5 Å². The fraction of sp³-hybridized carbons (Fsp3) is 0.625. The lowest BCUT2D eigenvalue weighted by Crippen LogP contribution is -2.62. The number of carbonyl (C=O) groups is 9. The number of aromatic nitrogens is 2. The van der Waals surface area contributed by atoms with E-state index in [0.29, 0.717) is 35.6 Å². The summed E-state index contributed by atoms with van der Waals surface area (Å²) in [4.78, 5) is 131. The molecule has 0 spiro atoms. The molecule has 1 fully saturated rings. The zero-order valence-electron chi connectivity index (χ0n) is 42.8. The first kappa shape index (κ1) is 61.4. The molecule has 13 N–H and O–H groups in total. The van der Waals surface area contributed by atoms with Crippen molar-refractivity contribution >= 4 is 76.8 Å². The van der Waals surface area contributed by atoms with Gasteiger partial charge in [-0.3, -0.25) is 38.4 Å². The van der Waals surface area contributed by atoms with Crippen molar-refractivity contribution in [3.8, 4) is 5.75 Å². The number of aliphatic hydroxyl groups is 1. The van der Waals surface area contributed by atoms with Crippen LogP contribution in [0.1, 0.15) is 78.5 Å². The number of likely N-dealkylation sites (tertiary alicyclic amines) is 1. The molecule has 0 bridgehead atoms. The van der Waals surface area contributed by atoms with Gasteiger partial charge in [0.15, 0.2) is 0 Å². The van der Waals surface area contributed by atoms with Gasteiger partial charge in [-0.1, -0.05) is 53.7 Å². The number of hydrogen-bond acceptors (Lipinski definition) is 15. The van der Waals surface area contributed by atoms with Crippen LogP contribution in [-0.4, -0.2) is 175 Å². The van der Waals surface area contributed by atoms with Crippen LogP contribution in [0.2, 0.25) is 0 Å². The Labute approximate surface area is 434 Å². The number of nitrogens with two attached hydrogens (primary N) is 1. The zero-order chi connectivity index (χ0) is 54.5. The molecule has 1 aliphatic heterocycles. The molecule has 1 aliphatic rings. The third kappa shape index (κ3) is 19.1. The minimum atomic E-state index is -1.47. The Kier molecular flexibility index (Phi) is 25.5. The normalized spacial score (nSPS) is 16.8. The van der Waals surface area contributed by atoms with E-state index in [9.17, 15) is 58.5 Å². The van der Waals surface area contributed by atoms with Crippen LogP contribution in [0.4, 0.5) is 0 Å². The number of aliphatic carboxylic acids is 1. The summed E-state index contributed by atoms with van der Waals surface area (Å²) in [5, 5.41) is 48.4. The number of benzene rings is 1. The van der Waals surface area contributed by atoms with Crippen molar-refractivity contribution in [1.29, 1.82) is 0 Å². The van der Waals surface area contributed by atoms with E-state index in [0.717, 1.165) is 0 Å².